The number of nitro groups is 1. The van der Waals surface area contributed by atoms with E-state index >= 15 is 0 Å². The Hall–Kier alpha value is -5.94. The van der Waals surface area contributed by atoms with Crippen LogP contribution in [-0.4, -0.2) is 101 Å². The molecule has 292 valence electrons. The molecule has 1 aliphatic rings. The van der Waals surface area contributed by atoms with Crippen LogP contribution in [0, 0.1) is 16.0 Å². The number of methoxy groups -OCH3 is 1. The molecule has 1 aromatic carbocycles. The Morgan fingerprint density at radius 1 is 0.944 bits per heavy atom. The summed E-state index contributed by atoms with van der Waals surface area (Å²) >= 11 is 0. The zero-order valence-corrected chi connectivity index (χ0v) is 30.8. The lowest BCUT2D eigenvalue weighted by molar-refractivity contribution is -0.384. The first-order chi connectivity index (χ1) is 25.7. The van der Waals surface area contributed by atoms with E-state index in [1.807, 2.05) is 0 Å². The maximum atomic E-state index is 14.1. The Balaban J connectivity index is 1.69. The van der Waals surface area contributed by atoms with Crippen molar-refractivity contribution in [3.63, 3.8) is 0 Å². The molecule has 2 heterocycles. The van der Waals surface area contributed by atoms with E-state index in [-0.39, 0.29) is 55.6 Å². The van der Waals surface area contributed by atoms with Gasteiger partial charge in [0.05, 0.1) is 18.5 Å². The summed E-state index contributed by atoms with van der Waals surface area (Å²) < 4.78 is 4.54. The van der Waals surface area contributed by atoms with Gasteiger partial charge >= 0.3 is 5.97 Å². The number of unbranched alkanes of at least 4 members (excludes halogenated alkanes) is 1. The van der Waals surface area contributed by atoms with Crippen molar-refractivity contribution in [2.45, 2.75) is 89.9 Å². The molecule has 6 amide bonds. The van der Waals surface area contributed by atoms with Gasteiger partial charge in [-0.25, -0.2) is 0 Å². The lowest BCUT2D eigenvalue weighted by atomic mass is 10.0. The normalized spacial score (nSPS) is 15.3. The maximum absolute atomic E-state index is 14.1. The van der Waals surface area contributed by atoms with Crippen LogP contribution < -0.4 is 26.6 Å². The van der Waals surface area contributed by atoms with Crippen molar-refractivity contribution < 1.29 is 43.2 Å². The van der Waals surface area contributed by atoms with E-state index in [1.165, 1.54) is 49.4 Å². The Kier molecular flexibility index (Phi) is 16.5. The third-order valence-electron chi connectivity index (χ3n) is 8.70. The number of esters is 1. The van der Waals surface area contributed by atoms with Crippen molar-refractivity contribution in [1.29, 1.82) is 0 Å². The van der Waals surface area contributed by atoms with Crippen molar-refractivity contribution in [1.82, 2.24) is 31.2 Å². The number of nitrogens with zero attached hydrogens (tertiary/aromatic N) is 3. The number of benzene rings is 1. The molecule has 1 aliphatic heterocycles. The van der Waals surface area contributed by atoms with Gasteiger partial charge in [-0.3, -0.25) is 48.7 Å². The summed E-state index contributed by atoms with van der Waals surface area (Å²) in [6.45, 7) is 5.38. The standard InChI is InChI=1S/C36H48N8O10/c1-22(2)31(35(50)40-24-13-15-25(16-14-24)44(52)53)42-34(49)28-12-9-21-43(28)36(51)27(11-6-8-20-38-33(48)26-10-5-7-19-37-26)41-32(47)23(3)39-29(45)17-18-30(46)54-4/h5,7,10,13-16,19,22-23,27-28,31H,6,8-9,11-12,17-18,20-21H2,1-4H3,(H,38,48)(H,39,45)(H,40,50)(H,41,47)(H,42,49)/t23-,27-,28-,31-/m0/s1. The lowest BCUT2D eigenvalue weighted by Crippen LogP contribution is -2.58. The van der Waals surface area contributed by atoms with Gasteiger partial charge in [0.25, 0.3) is 11.6 Å². The monoisotopic (exact) mass is 752 g/mol. The van der Waals surface area contributed by atoms with Crippen LogP contribution in [0.3, 0.4) is 0 Å². The van der Waals surface area contributed by atoms with E-state index in [0.29, 0.717) is 31.4 Å². The number of aromatic nitrogens is 1. The summed E-state index contributed by atoms with van der Waals surface area (Å²) in [4.78, 5) is 106. The SMILES string of the molecule is COC(=O)CCC(=O)N[C@@H](C)C(=O)N[C@@H](CCCCNC(=O)c1ccccn1)C(=O)N1CCC[C@H]1C(=O)N[C@H](C(=O)Nc1ccc([N+](=O)[O-])cc1)C(C)C. The second-order valence-corrected chi connectivity index (χ2v) is 13.1. The van der Waals surface area contributed by atoms with Crippen LogP contribution in [0.2, 0.25) is 0 Å². The van der Waals surface area contributed by atoms with Gasteiger partial charge in [-0.2, -0.15) is 0 Å². The summed E-state index contributed by atoms with van der Waals surface area (Å²) in [5.41, 5.74) is 0.402. The highest BCUT2D eigenvalue weighted by Gasteiger charge is 2.39. The number of ether oxygens (including phenoxy) is 1. The Morgan fingerprint density at radius 3 is 2.30 bits per heavy atom. The number of non-ortho nitro benzene ring substituents is 1. The minimum absolute atomic E-state index is 0.143. The number of carbonyl (C=O) groups is 7. The molecule has 4 atom stereocenters. The predicted molar refractivity (Wildman–Crippen MR) is 194 cm³/mol. The van der Waals surface area contributed by atoms with Crippen LogP contribution in [0.5, 0.6) is 0 Å². The molecule has 18 heteroatoms. The van der Waals surface area contributed by atoms with Crippen molar-refractivity contribution in [3.05, 3.63) is 64.5 Å². The minimum atomic E-state index is -1.10. The fourth-order valence-electron chi connectivity index (χ4n) is 5.69. The van der Waals surface area contributed by atoms with E-state index in [0.717, 1.165) is 0 Å². The number of carbonyl (C=O) groups excluding carboxylic acids is 7. The molecule has 54 heavy (non-hydrogen) atoms. The lowest BCUT2D eigenvalue weighted by Gasteiger charge is -2.31. The second-order valence-electron chi connectivity index (χ2n) is 13.1. The third-order valence-corrected chi connectivity index (χ3v) is 8.70. The molecular formula is C36H48N8O10. The molecule has 0 saturated carbocycles. The average Bonchev–Trinajstić information content (AvgIpc) is 3.65. The number of hydrogen-bond acceptors (Lipinski definition) is 11. The largest absolute Gasteiger partial charge is 0.469 e. The number of rotatable bonds is 19. The molecule has 0 radical (unpaired) electrons. The summed E-state index contributed by atoms with van der Waals surface area (Å²) in [6.07, 6.45) is 2.89. The molecule has 0 bridgehead atoms. The van der Waals surface area contributed by atoms with Crippen LogP contribution in [0.4, 0.5) is 11.4 Å². The number of hydrogen-bond donors (Lipinski definition) is 5. The third kappa shape index (κ3) is 12.9. The average molecular weight is 753 g/mol. The summed E-state index contributed by atoms with van der Waals surface area (Å²) in [6, 6.07) is 6.08. The fraction of sp³-hybridized carbons (Fsp3) is 0.500. The van der Waals surface area contributed by atoms with E-state index in [4.69, 9.17) is 0 Å². The highest BCUT2D eigenvalue weighted by molar-refractivity contribution is 5.99. The first-order valence-corrected chi connectivity index (χ1v) is 17.7. The highest BCUT2D eigenvalue weighted by atomic mass is 16.6. The first-order valence-electron chi connectivity index (χ1n) is 17.7. The number of nitrogens with one attached hydrogen (secondary N) is 5. The van der Waals surface area contributed by atoms with Gasteiger partial charge in [-0.15, -0.1) is 0 Å². The zero-order chi connectivity index (χ0) is 39.8. The molecular weight excluding hydrogens is 704 g/mol. The summed E-state index contributed by atoms with van der Waals surface area (Å²) in [7, 11) is 1.19. The van der Waals surface area contributed by atoms with Gasteiger partial charge in [0.1, 0.15) is 29.9 Å². The quantitative estimate of drug-likeness (QED) is 0.0597. The van der Waals surface area contributed by atoms with Crippen LogP contribution in [0.1, 0.15) is 76.2 Å². The van der Waals surface area contributed by atoms with Crippen LogP contribution >= 0.6 is 0 Å². The van der Waals surface area contributed by atoms with E-state index in [2.05, 4.69) is 36.3 Å². The van der Waals surface area contributed by atoms with Gasteiger partial charge in [0.2, 0.25) is 29.5 Å². The minimum Gasteiger partial charge on any atom is -0.469 e. The number of amides is 6. The molecule has 0 spiro atoms. The van der Waals surface area contributed by atoms with Crippen molar-refractivity contribution in [3.8, 4) is 0 Å². The number of likely N-dealkylation sites (tertiary alicyclic amines) is 1. The number of nitro benzene ring substituents is 1. The number of anilines is 1. The summed E-state index contributed by atoms with van der Waals surface area (Å²) in [5, 5.41) is 24.4. The highest BCUT2D eigenvalue weighted by Crippen LogP contribution is 2.22. The van der Waals surface area contributed by atoms with E-state index < -0.39 is 64.6 Å². The van der Waals surface area contributed by atoms with Gasteiger partial charge in [0, 0.05) is 43.5 Å². The van der Waals surface area contributed by atoms with Gasteiger partial charge in [0.15, 0.2) is 0 Å². The van der Waals surface area contributed by atoms with Crippen molar-refractivity contribution in [2.75, 3.05) is 25.5 Å². The topological polar surface area (TPSA) is 248 Å². The van der Waals surface area contributed by atoms with Gasteiger partial charge in [-0.1, -0.05) is 19.9 Å². The van der Waals surface area contributed by atoms with E-state index in [9.17, 15) is 43.7 Å². The van der Waals surface area contributed by atoms with Gasteiger partial charge in [-0.05, 0) is 69.2 Å². The van der Waals surface area contributed by atoms with Crippen LogP contribution in [0.15, 0.2) is 48.7 Å². The van der Waals surface area contributed by atoms with Crippen LogP contribution in [0.25, 0.3) is 0 Å². The molecule has 0 aliphatic carbocycles. The molecule has 1 saturated heterocycles. The van der Waals surface area contributed by atoms with Gasteiger partial charge < -0.3 is 36.2 Å². The number of pyridine rings is 1. The summed E-state index contributed by atoms with van der Waals surface area (Å²) in [5.74, 6) is -4.18. The Labute approximate surface area is 312 Å². The zero-order valence-electron chi connectivity index (χ0n) is 30.8. The maximum Gasteiger partial charge on any atom is 0.306 e. The molecule has 1 aromatic heterocycles. The smallest absolute Gasteiger partial charge is 0.306 e. The Bertz CT molecular complexity index is 1650. The molecule has 5 N–H and O–H groups in total. The Morgan fingerprint density at radius 2 is 1.67 bits per heavy atom. The van der Waals surface area contributed by atoms with E-state index in [1.54, 1.807) is 32.0 Å². The van der Waals surface area contributed by atoms with Crippen LogP contribution in [-0.2, 0) is 33.5 Å². The first kappa shape index (κ1) is 42.5. The van der Waals surface area contributed by atoms with Crippen molar-refractivity contribution in [2.24, 2.45) is 5.92 Å². The molecule has 1 fully saturated rings. The molecule has 18 nitrogen and oxygen atoms in total. The predicted octanol–water partition coefficient (Wildman–Crippen LogP) is 1.60. The second kappa shape index (κ2) is 20.9. The molecule has 3 rings (SSSR count). The molecule has 0 unspecified atom stereocenters. The van der Waals surface area contributed by atoms with Crippen molar-refractivity contribution >= 4 is 52.8 Å². The fourth-order valence-corrected chi connectivity index (χ4v) is 5.69. The molecule has 2 aromatic rings.